The van der Waals surface area contributed by atoms with Crippen LogP contribution in [0.25, 0.3) is 0 Å². The summed E-state index contributed by atoms with van der Waals surface area (Å²) in [6.07, 6.45) is 11.5. The van der Waals surface area contributed by atoms with E-state index in [1.54, 1.807) is 0 Å². The SMILES string of the molecule is Cc1cn(C2CCCC2)c(NCC2CCCCO2)n1. The first kappa shape index (κ1) is 13.0. The van der Waals surface area contributed by atoms with Crippen molar-refractivity contribution in [1.82, 2.24) is 9.55 Å². The molecule has 4 nitrogen and oxygen atoms in total. The first-order chi connectivity index (χ1) is 9.33. The Balaban J connectivity index is 1.62. The summed E-state index contributed by atoms with van der Waals surface area (Å²) in [6.45, 7) is 3.89. The monoisotopic (exact) mass is 263 g/mol. The van der Waals surface area contributed by atoms with Crippen molar-refractivity contribution in [2.75, 3.05) is 18.5 Å². The van der Waals surface area contributed by atoms with Gasteiger partial charge in [-0.05, 0) is 39.0 Å². The number of nitrogens with one attached hydrogen (secondary N) is 1. The molecule has 3 rings (SSSR count). The van der Waals surface area contributed by atoms with E-state index >= 15 is 0 Å². The van der Waals surface area contributed by atoms with Gasteiger partial charge in [-0.25, -0.2) is 4.98 Å². The summed E-state index contributed by atoms with van der Waals surface area (Å²) < 4.78 is 8.12. The van der Waals surface area contributed by atoms with E-state index in [1.165, 1.54) is 44.9 Å². The van der Waals surface area contributed by atoms with Gasteiger partial charge in [0.25, 0.3) is 0 Å². The molecule has 0 spiro atoms. The molecule has 2 heterocycles. The third kappa shape index (κ3) is 3.11. The number of imidazole rings is 1. The highest BCUT2D eigenvalue weighted by Gasteiger charge is 2.21. The summed E-state index contributed by atoms with van der Waals surface area (Å²) in [7, 11) is 0. The van der Waals surface area contributed by atoms with E-state index in [4.69, 9.17) is 4.74 Å². The minimum Gasteiger partial charge on any atom is -0.376 e. The minimum absolute atomic E-state index is 0.364. The molecule has 1 saturated heterocycles. The van der Waals surface area contributed by atoms with Crippen molar-refractivity contribution in [2.24, 2.45) is 0 Å². The van der Waals surface area contributed by atoms with Gasteiger partial charge in [0.2, 0.25) is 5.95 Å². The minimum atomic E-state index is 0.364. The second kappa shape index (κ2) is 5.95. The zero-order chi connectivity index (χ0) is 13.1. The molecule has 2 aliphatic rings. The second-order valence-corrected chi connectivity index (χ2v) is 5.92. The van der Waals surface area contributed by atoms with Crippen LogP contribution in [0.15, 0.2) is 6.20 Å². The summed E-state index contributed by atoms with van der Waals surface area (Å²) in [5, 5.41) is 3.51. The number of hydrogen-bond acceptors (Lipinski definition) is 3. The Bertz CT molecular complexity index is 404. The topological polar surface area (TPSA) is 39.1 Å². The summed E-state index contributed by atoms with van der Waals surface area (Å²) in [6, 6.07) is 0.649. The summed E-state index contributed by atoms with van der Waals surface area (Å²) in [5.74, 6) is 1.04. The zero-order valence-corrected chi connectivity index (χ0v) is 11.9. The fraction of sp³-hybridized carbons (Fsp3) is 0.800. The quantitative estimate of drug-likeness (QED) is 0.906. The van der Waals surface area contributed by atoms with E-state index in [1.807, 2.05) is 0 Å². The Labute approximate surface area is 115 Å². The molecule has 1 atom stereocenters. The molecule has 0 bridgehead atoms. The third-order valence-electron chi connectivity index (χ3n) is 4.33. The van der Waals surface area contributed by atoms with Gasteiger partial charge in [-0.1, -0.05) is 12.8 Å². The van der Waals surface area contributed by atoms with Crippen LogP contribution in [0, 0.1) is 6.92 Å². The number of ether oxygens (including phenoxy) is 1. The van der Waals surface area contributed by atoms with E-state index in [-0.39, 0.29) is 0 Å². The second-order valence-electron chi connectivity index (χ2n) is 5.92. The van der Waals surface area contributed by atoms with E-state index in [0.29, 0.717) is 12.1 Å². The van der Waals surface area contributed by atoms with E-state index in [9.17, 15) is 0 Å². The van der Waals surface area contributed by atoms with Gasteiger partial charge in [-0.15, -0.1) is 0 Å². The van der Waals surface area contributed by atoms with Gasteiger partial charge in [-0.3, -0.25) is 0 Å². The molecule has 0 amide bonds. The summed E-state index contributed by atoms with van der Waals surface area (Å²) in [4.78, 5) is 4.64. The average Bonchev–Trinajstić information content (AvgIpc) is 3.06. The lowest BCUT2D eigenvalue weighted by Gasteiger charge is -2.23. The fourth-order valence-corrected chi connectivity index (χ4v) is 3.28. The van der Waals surface area contributed by atoms with Crippen molar-refractivity contribution in [3.63, 3.8) is 0 Å². The van der Waals surface area contributed by atoms with Crippen LogP contribution in [-0.4, -0.2) is 28.8 Å². The Kier molecular flexibility index (Phi) is 4.06. The van der Waals surface area contributed by atoms with Crippen molar-refractivity contribution in [3.8, 4) is 0 Å². The zero-order valence-electron chi connectivity index (χ0n) is 11.9. The molecule has 1 aromatic rings. The van der Waals surface area contributed by atoms with Crippen LogP contribution >= 0.6 is 0 Å². The van der Waals surface area contributed by atoms with Gasteiger partial charge in [0.1, 0.15) is 0 Å². The molecule has 1 N–H and O–H groups in total. The first-order valence-electron chi connectivity index (χ1n) is 7.74. The summed E-state index contributed by atoms with van der Waals surface area (Å²) >= 11 is 0. The molecule has 1 aromatic heterocycles. The van der Waals surface area contributed by atoms with Crippen LogP contribution in [0.1, 0.15) is 56.7 Å². The number of nitrogens with zero attached hydrogens (tertiary/aromatic N) is 2. The summed E-state index contributed by atoms with van der Waals surface area (Å²) in [5.41, 5.74) is 1.11. The Morgan fingerprint density at radius 1 is 1.26 bits per heavy atom. The van der Waals surface area contributed by atoms with Gasteiger partial charge in [0.15, 0.2) is 0 Å². The molecular formula is C15H25N3O. The maximum Gasteiger partial charge on any atom is 0.203 e. The molecule has 1 aliphatic heterocycles. The maximum absolute atomic E-state index is 5.77. The van der Waals surface area contributed by atoms with Crippen molar-refractivity contribution in [1.29, 1.82) is 0 Å². The molecular weight excluding hydrogens is 238 g/mol. The molecule has 0 aromatic carbocycles. The average molecular weight is 263 g/mol. The van der Waals surface area contributed by atoms with Crippen molar-refractivity contribution in [3.05, 3.63) is 11.9 Å². The van der Waals surface area contributed by atoms with Gasteiger partial charge < -0.3 is 14.6 Å². The molecule has 106 valence electrons. The normalized spacial score (nSPS) is 24.8. The van der Waals surface area contributed by atoms with Crippen LogP contribution in [0.4, 0.5) is 5.95 Å². The van der Waals surface area contributed by atoms with Gasteiger partial charge in [-0.2, -0.15) is 0 Å². The maximum atomic E-state index is 5.77. The van der Waals surface area contributed by atoms with Gasteiger partial charge >= 0.3 is 0 Å². The third-order valence-corrected chi connectivity index (χ3v) is 4.33. The largest absolute Gasteiger partial charge is 0.376 e. The number of aryl methyl sites for hydroxylation is 1. The Morgan fingerprint density at radius 3 is 2.79 bits per heavy atom. The van der Waals surface area contributed by atoms with Crippen molar-refractivity contribution in [2.45, 2.75) is 64.0 Å². The first-order valence-corrected chi connectivity index (χ1v) is 7.74. The highest BCUT2D eigenvalue weighted by Crippen LogP contribution is 2.32. The lowest BCUT2D eigenvalue weighted by atomic mass is 10.1. The van der Waals surface area contributed by atoms with E-state index in [0.717, 1.165) is 24.8 Å². The predicted octanol–water partition coefficient (Wildman–Crippen LogP) is 3.29. The van der Waals surface area contributed by atoms with Crippen LogP contribution in [0.2, 0.25) is 0 Å². The number of hydrogen-bond donors (Lipinski definition) is 1. The highest BCUT2D eigenvalue weighted by atomic mass is 16.5. The Hall–Kier alpha value is -1.03. The number of aromatic nitrogens is 2. The lowest BCUT2D eigenvalue weighted by Crippen LogP contribution is -2.28. The van der Waals surface area contributed by atoms with Crippen molar-refractivity contribution < 1.29 is 4.74 Å². The lowest BCUT2D eigenvalue weighted by molar-refractivity contribution is 0.0246. The number of rotatable bonds is 4. The number of anilines is 1. The van der Waals surface area contributed by atoms with E-state index < -0.39 is 0 Å². The predicted molar refractivity (Wildman–Crippen MR) is 76.5 cm³/mol. The molecule has 19 heavy (non-hydrogen) atoms. The molecule has 1 aliphatic carbocycles. The van der Waals surface area contributed by atoms with E-state index in [2.05, 4.69) is 28.0 Å². The van der Waals surface area contributed by atoms with Crippen LogP contribution < -0.4 is 5.32 Å². The van der Waals surface area contributed by atoms with Crippen LogP contribution in [-0.2, 0) is 4.74 Å². The fourth-order valence-electron chi connectivity index (χ4n) is 3.28. The molecule has 1 unspecified atom stereocenters. The molecule has 1 saturated carbocycles. The van der Waals surface area contributed by atoms with Crippen LogP contribution in [0.3, 0.4) is 0 Å². The molecule has 4 heteroatoms. The van der Waals surface area contributed by atoms with Gasteiger partial charge in [0, 0.05) is 25.4 Å². The smallest absolute Gasteiger partial charge is 0.203 e. The van der Waals surface area contributed by atoms with Gasteiger partial charge in [0.05, 0.1) is 11.8 Å². The van der Waals surface area contributed by atoms with Crippen molar-refractivity contribution >= 4 is 5.95 Å². The van der Waals surface area contributed by atoms with Crippen LogP contribution in [0.5, 0.6) is 0 Å². The highest BCUT2D eigenvalue weighted by molar-refractivity contribution is 5.30. The molecule has 2 fully saturated rings. The molecule has 0 radical (unpaired) electrons. The Morgan fingerprint density at radius 2 is 2.05 bits per heavy atom. The standard InChI is InChI=1S/C15H25N3O/c1-12-11-18(13-6-2-3-7-13)15(17-12)16-10-14-8-4-5-9-19-14/h11,13-14H,2-10H2,1H3,(H,16,17).